The van der Waals surface area contributed by atoms with Gasteiger partial charge in [0.2, 0.25) is 10.0 Å². The molecule has 0 spiro atoms. The Kier molecular flexibility index (Phi) is 6.31. The number of nitrogens with zero attached hydrogens (tertiary/aromatic N) is 1. The van der Waals surface area contributed by atoms with Crippen molar-refractivity contribution in [2.45, 2.75) is 18.7 Å². The number of carbonyl (C=O) groups excluding carboxylic acids is 1. The van der Waals surface area contributed by atoms with Crippen molar-refractivity contribution in [3.05, 3.63) is 58.3 Å². The van der Waals surface area contributed by atoms with Crippen LogP contribution in [0.3, 0.4) is 0 Å². The van der Waals surface area contributed by atoms with Gasteiger partial charge >= 0.3 is 0 Å². The molecule has 0 aromatic heterocycles. The molecule has 0 aliphatic carbocycles. The van der Waals surface area contributed by atoms with E-state index in [0.29, 0.717) is 17.6 Å². The zero-order chi connectivity index (χ0) is 18.6. The van der Waals surface area contributed by atoms with Crippen molar-refractivity contribution in [2.75, 3.05) is 18.4 Å². The lowest BCUT2D eigenvalue weighted by Gasteiger charge is -2.18. The Labute approximate surface area is 155 Å². The fourth-order valence-electron chi connectivity index (χ4n) is 2.28. The van der Waals surface area contributed by atoms with E-state index in [1.54, 1.807) is 19.9 Å². The molecule has 0 aliphatic rings. The first kappa shape index (κ1) is 19.6. The Morgan fingerprint density at radius 1 is 1.12 bits per heavy atom. The summed E-state index contributed by atoms with van der Waals surface area (Å²) in [6.07, 6.45) is 0. The molecule has 0 aliphatic heterocycles. The second-order valence-electron chi connectivity index (χ2n) is 5.19. The maximum atomic E-state index is 13.8. The maximum absolute atomic E-state index is 13.8. The Bertz CT molecular complexity index is 866. The zero-order valence-corrected chi connectivity index (χ0v) is 16.2. The number of rotatable bonds is 6. The van der Waals surface area contributed by atoms with Crippen molar-refractivity contribution >= 4 is 37.5 Å². The molecule has 2 aromatic rings. The van der Waals surface area contributed by atoms with E-state index >= 15 is 0 Å². The molecular weight excluding hydrogens is 411 g/mol. The smallest absolute Gasteiger partial charge is 0.255 e. The summed E-state index contributed by atoms with van der Waals surface area (Å²) in [5.74, 6) is -1.09. The predicted octanol–water partition coefficient (Wildman–Crippen LogP) is 3.87. The van der Waals surface area contributed by atoms with Gasteiger partial charge in [0.05, 0.1) is 10.6 Å². The normalized spacial score (nSPS) is 11.6. The Morgan fingerprint density at radius 3 is 2.24 bits per heavy atom. The molecule has 5 nitrogen and oxygen atoms in total. The Hall–Kier alpha value is -1.77. The molecular formula is C17H18BrFN2O3S. The average Bonchev–Trinajstić information content (AvgIpc) is 2.58. The van der Waals surface area contributed by atoms with Gasteiger partial charge in [-0.25, -0.2) is 12.8 Å². The molecule has 0 unspecified atom stereocenters. The lowest BCUT2D eigenvalue weighted by molar-refractivity contribution is 0.102. The van der Waals surface area contributed by atoms with Crippen LogP contribution in [0.1, 0.15) is 24.2 Å². The first-order chi connectivity index (χ1) is 11.8. The van der Waals surface area contributed by atoms with E-state index in [1.165, 1.54) is 40.7 Å². The highest BCUT2D eigenvalue weighted by atomic mass is 79.9. The molecule has 0 bridgehead atoms. The van der Waals surface area contributed by atoms with Crippen LogP contribution in [0.15, 0.2) is 51.8 Å². The fourth-order valence-corrected chi connectivity index (χ4v) is 4.07. The standard InChI is InChI=1S/C17H18BrFN2O3S/c1-3-21(4-2)25(23,24)14-8-5-12(6-9-14)17(22)20-16-10-7-13(18)11-15(16)19/h5-11H,3-4H2,1-2H3,(H,20,22). The summed E-state index contributed by atoms with van der Waals surface area (Å²) in [5.41, 5.74) is 0.286. The third kappa shape index (κ3) is 4.45. The lowest BCUT2D eigenvalue weighted by atomic mass is 10.2. The number of amides is 1. The highest BCUT2D eigenvalue weighted by Crippen LogP contribution is 2.21. The van der Waals surface area contributed by atoms with Crippen LogP contribution in [0.4, 0.5) is 10.1 Å². The van der Waals surface area contributed by atoms with Crippen LogP contribution >= 0.6 is 15.9 Å². The second kappa shape index (κ2) is 8.07. The van der Waals surface area contributed by atoms with Gasteiger partial charge in [-0.05, 0) is 42.5 Å². The number of halogens is 2. The number of benzene rings is 2. The Morgan fingerprint density at radius 2 is 1.72 bits per heavy atom. The van der Waals surface area contributed by atoms with Gasteiger partial charge in [0.25, 0.3) is 5.91 Å². The van der Waals surface area contributed by atoms with Crippen LogP contribution in [0.2, 0.25) is 0 Å². The summed E-state index contributed by atoms with van der Waals surface area (Å²) in [5, 5.41) is 2.46. The van der Waals surface area contributed by atoms with Crippen molar-refractivity contribution in [1.82, 2.24) is 4.31 Å². The monoisotopic (exact) mass is 428 g/mol. The summed E-state index contributed by atoms with van der Waals surface area (Å²) >= 11 is 3.14. The van der Waals surface area contributed by atoms with Gasteiger partial charge in [-0.1, -0.05) is 29.8 Å². The molecule has 25 heavy (non-hydrogen) atoms. The summed E-state index contributed by atoms with van der Waals surface area (Å²) in [6.45, 7) is 4.25. The molecule has 2 aromatic carbocycles. The van der Waals surface area contributed by atoms with E-state index in [2.05, 4.69) is 21.2 Å². The third-order valence-electron chi connectivity index (χ3n) is 3.64. The lowest BCUT2D eigenvalue weighted by Crippen LogP contribution is -2.30. The SMILES string of the molecule is CCN(CC)S(=O)(=O)c1ccc(C(=O)Nc2ccc(Br)cc2F)cc1. The van der Waals surface area contributed by atoms with Gasteiger partial charge in [0.1, 0.15) is 5.82 Å². The number of carbonyl (C=O) groups is 1. The van der Waals surface area contributed by atoms with Crippen LogP contribution in [0.25, 0.3) is 0 Å². The van der Waals surface area contributed by atoms with Crippen LogP contribution in [0, 0.1) is 5.82 Å². The molecule has 0 fully saturated rings. The Balaban J connectivity index is 2.20. The molecule has 1 N–H and O–H groups in total. The highest BCUT2D eigenvalue weighted by molar-refractivity contribution is 9.10. The van der Waals surface area contributed by atoms with Gasteiger partial charge < -0.3 is 5.32 Å². The minimum absolute atomic E-state index is 0.0491. The van der Waals surface area contributed by atoms with Gasteiger partial charge in [-0.2, -0.15) is 4.31 Å². The number of nitrogens with one attached hydrogen (secondary N) is 1. The fraction of sp³-hybridized carbons (Fsp3) is 0.235. The molecule has 0 saturated heterocycles. The van der Waals surface area contributed by atoms with Crippen molar-refractivity contribution in [1.29, 1.82) is 0 Å². The molecule has 0 heterocycles. The molecule has 0 saturated carbocycles. The molecule has 0 atom stereocenters. The molecule has 8 heteroatoms. The van der Waals surface area contributed by atoms with Crippen LogP contribution < -0.4 is 5.32 Å². The summed E-state index contributed by atoms with van der Waals surface area (Å²) in [4.78, 5) is 12.3. The molecule has 0 radical (unpaired) electrons. The number of hydrogen-bond acceptors (Lipinski definition) is 3. The molecule has 2 rings (SSSR count). The van der Waals surface area contributed by atoms with Gasteiger partial charge in [-0.3, -0.25) is 4.79 Å². The summed E-state index contributed by atoms with van der Waals surface area (Å²) in [7, 11) is -3.58. The van der Waals surface area contributed by atoms with E-state index in [0.717, 1.165) is 0 Å². The maximum Gasteiger partial charge on any atom is 0.255 e. The summed E-state index contributed by atoms with van der Waals surface area (Å²) < 4.78 is 40.5. The van der Waals surface area contributed by atoms with Crippen molar-refractivity contribution < 1.29 is 17.6 Å². The van der Waals surface area contributed by atoms with E-state index in [1.807, 2.05) is 0 Å². The van der Waals surface area contributed by atoms with E-state index in [-0.39, 0.29) is 16.1 Å². The number of sulfonamides is 1. The van der Waals surface area contributed by atoms with Crippen molar-refractivity contribution in [3.63, 3.8) is 0 Å². The van der Waals surface area contributed by atoms with Gasteiger partial charge in [-0.15, -0.1) is 0 Å². The highest BCUT2D eigenvalue weighted by Gasteiger charge is 2.21. The van der Waals surface area contributed by atoms with Crippen LogP contribution in [-0.4, -0.2) is 31.7 Å². The van der Waals surface area contributed by atoms with Crippen LogP contribution in [-0.2, 0) is 10.0 Å². The second-order valence-corrected chi connectivity index (χ2v) is 8.05. The van der Waals surface area contributed by atoms with E-state index < -0.39 is 21.7 Å². The number of anilines is 1. The van der Waals surface area contributed by atoms with E-state index in [4.69, 9.17) is 0 Å². The first-order valence-corrected chi connectivity index (χ1v) is 9.89. The summed E-state index contributed by atoms with van der Waals surface area (Å²) in [6, 6.07) is 9.86. The quantitative estimate of drug-likeness (QED) is 0.758. The van der Waals surface area contributed by atoms with Crippen molar-refractivity contribution in [3.8, 4) is 0 Å². The van der Waals surface area contributed by atoms with Gasteiger partial charge in [0, 0.05) is 23.1 Å². The van der Waals surface area contributed by atoms with Crippen LogP contribution in [0.5, 0.6) is 0 Å². The molecule has 134 valence electrons. The topological polar surface area (TPSA) is 66.5 Å². The predicted molar refractivity (Wildman–Crippen MR) is 98.6 cm³/mol. The molecule has 1 amide bonds. The average molecular weight is 429 g/mol. The van der Waals surface area contributed by atoms with Crippen molar-refractivity contribution in [2.24, 2.45) is 0 Å². The largest absolute Gasteiger partial charge is 0.319 e. The van der Waals surface area contributed by atoms with E-state index in [9.17, 15) is 17.6 Å². The van der Waals surface area contributed by atoms with Gasteiger partial charge in [0.15, 0.2) is 0 Å². The minimum atomic E-state index is -3.58. The number of hydrogen-bond donors (Lipinski definition) is 1. The first-order valence-electron chi connectivity index (χ1n) is 7.66. The third-order valence-corrected chi connectivity index (χ3v) is 6.20. The minimum Gasteiger partial charge on any atom is -0.319 e. The zero-order valence-electron chi connectivity index (χ0n) is 13.8.